The molecular weight excluding hydrogens is 206 g/mol. The van der Waals surface area contributed by atoms with Crippen LogP contribution in [0.15, 0.2) is 30.3 Å². The van der Waals surface area contributed by atoms with Crippen LogP contribution in [0.3, 0.4) is 0 Å². The molecule has 0 bridgehead atoms. The van der Waals surface area contributed by atoms with Crippen molar-refractivity contribution in [3.05, 3.63) is 35.9 Å². The topological polar surface area (TPSA) is 72.5 Å². The molecule has 88 valence electrons. The predicted molar refractivity (Wildman–Crippen MR) is 60.6 cm³/mol. The fourth-order valence-corrected chi connectivity index (χ4v) is 1.44. The summed E-state index contributed by atoms with van der Waals surface area (Å²) in [4.78, 5) is 10.9. The van der Waals surface area contributed by atoms with Crippen molar-refractivity contribution >= 4 is 5.97 Å². The van der Waals surface area contributed by atoms with Crippen molar-refractivity contribution in [1.29, 1.82) is 0 Å². The standard InChI is InChI=1S/C12H17NO3/c1-16-11(14)8-7-10(13)12(15)9-5-3-2-4-6-9/h2-6,10,12,15H,7-8,13H2,1H3. The first-order valence-corrected chi connectivity index (χ1v) is 5.20. The summed E-state index contributed by atoms with van der Waals surface area (Å²) < 4.78 is 4.51. The van der Waals surface area contributed by atoms with Crippen LogP contribution in [0.1, 0.15) is 24.5 Å². The SMILES string of the molecule is COC(=O)CCC(N)C(O)c1ccccc1. The van der Waals surface area contributed by atoms with Crippen LogP contribution < -0.4 is 5.73 Å². The molecule has 0 aromatic heterocycles. The van der Waals surface area contributed by atoms with Gasteiger partial charge in [-0.1, -0.05) is 30.3 Å². The van der Waals surface area contributed by atoms with E-state index in [1.165, 1.54) is 7.11 Å². The molecule has 0 fully saturated rings. The molecule has 2 unspecified atom stereocenters. The Hall–Kier alpha value is -1.39. The van der Waals surface area contributed by atoms with Crippen LogP contribution in [0, 0.1) is 0 Å². The number of aliphatic hydroxyl groups excluding tert-OH is 1. The molecule has 1 aromatic carbocycles. The van der Waals surface area contributed by atoms with E-state index in [-0.39, 0.29) is 12.4 Å². The third-order valence-electron chi connectivity index (χ3n) is 2.46. The first-order valence-electron chi connectivity index (χ1n) is 5.20. The maximum Gasteiger partial charge on any atom is 0.305 e. The summed E-state index contributed by atoms with van der Waals surface area (Å²) in [5, 5.41) is 9.90. The monoisotopic (exact) mass is 223 g/mol. The van der Waals surface area contributed by atoms with Crippen LogP contribution in [0.5, 0.6) is 0 Å². The van der Waals surface area contributed by atoms with Gasteiger partial charge in [-0.15, -0.1) is 0 Å². The summed E-state index contributed by atoms with van der Waals surface area (Å²) in [5.74, 6) is -0.310. The van der Waals surface area contributed by atoms with Crippen molar-refractivity contribution in [2.45, 2.75) is 25.0 Å². The number of benzene rings is 1. The number of esters is 1. The molecule has 0 heterocycles. The molecule has 0 spiro atoms. The first-order chi connectivity index (χ1) is 7.65. The van der Waals surface area contributed by atoms with Crippen molar-refractivity contribution in [1.82, 2.24) is 0 Å². The Kier molecular flexibility index (Phi) is 4.95. The lowest BCUT2D eigenvalue weighted by Crippen LogP contribution is -2.29. The molecular formula is C12H17NO3. The Morgan fingerprint density at radius 2 is 2.06 bits per heavy atom. The van der Waals surface area contributed by atoms with E-state index in [0.29, 0.717) is 6.42 Å². The molecule has 0 saturated heterocycles. The van der Waals surface area contributed by atoms with E-state index in [1.807, 2.05) is 30.3 Å². The molecule has 4 heteroatoms. The highest BCUT2D eigenvalue weighted by atomic mass is 16.5. The third kappa shape index (κ3) is 3.64. The Morgan fingerprint density at radius 3 is 2.62 bits per heavy atom. The van der Waals surface area contributed by atoms with Gasteiger partial charge in [0.2, 0.25) is 0 Å². The van der Waals surface area contributed by atoms with E-state index in [9.17, 15) is 9.90 Å². The van der Waals surface area contributed by atoms with E-state index in [1.54, 1.807) is 0 Å². The number of nitrogens with two attached hydrogens (primary N) is 1. The van der Waals surface area contributed by atoms with Crippen LogP contribution in [0.2, 0.25) is 0 Å². The van der Waals surface area contributed by atoms with Gasteiger partial charge in [-0.05, 0) is 12.0 Å². The van der Waals surface area contributed by atoms with Gasteiger partial charge in [-0.2, -0.15) is 0 Å². The normalized spacial score (nSPS) is 14.2. The summed E-state index contributed by atoms with van der Waals surface area (Å²) in [7, 11) is 1.33. The zero-order valence-corrected chi connectivity index (χ0v) is 9.30. The maximum atomic E-state index is 10.9. The second-order valence-corrected chi connectivity index (χ2v) is 3.63. The van der Waals surface area contributed by atoms with Gasteiger partial charge in [0.25, 0.3) is 0 Å². The lowest BCUT2D eigenvalue weighted by Gasteiger charge is -2.18. The van der Waals surface area contributed by atoms with Gasteiger partial charge in [0.05, 0.1) is 13.2 Å². The third-order valence-corrected chi connectivity index (χ3v) is 2.46. The quantitative estimate of drug-likeness (QED) is 0.730. The molecule has 0 saturated carbocycles. The molecule has 0 radical (unpaired) electrons. The highest BCUT2D eigenvalue weighted by Gasteiger charge is 2.17. The fourth-order valence-electron chi connectivity index (χ4n) is 1.44. The van der Waals surface area contributed by atoms with Crippen LogP contribution >= 0.6 is 0 Å². The average molecular weight is 223 g/mol. The zero-order valence-electron chi connectivity index (χ0n) is 9.30. The lowest BCUT2D eigenvalue weighted by molar-refractivity contribution is -0.140. The lowest BCUT2D eigenvalue weighted by atomic mass is 9.99. The molecule has 1 rings (SSSR count). The molecule has 0 aliphatic rings. The van der Waals surface area contributed by atoms with Gasteiger partial charge in [-0.25, -0.2) is 0 Å². The molecule has 16 heavy (non-hydrogen) atoms. The molecule has 0 amide bonds. The van der Waals surface area contributed by atoms with E-state index in [4.69, 9.17) is 5.73 Å². The van der Waals surface area contributed by atoms with Gasteiger partial charge in [0, 0.05) is 12.5 Å². The van der Waals surface area contributed by atoms with Crippen LogP contribution in [0.4, 0.5) is 0 Å². The van der Waals surface area contributed by atoms with Crippen molar-refractivity contribution < 1.29 is 14.6 Å². The summed E-state index contributed by atoms with van der Waals surface area (Å²) in [6.07, 6.45) is -0.115. The van der Waals surface area contributed by atoms with Crippen molar-refractivity contribution in [2.24, 2.45) is 5.73 Å². The average Bonchev–Trinajstić information content (AvgIpc) is 2.35. The second-order valence-electron chi connectivity index (χ2n) is 3.63. The fraction of sp³-hybridized carbons (Fsp3) is 0.417. The minimum atomic E-state index is -0.745. The minimum absolute atomic E-state index is 0.224. The van der Waals surface area contributed by atoms with Gasteiger partial charge in [0.1, 0.15) is 0 Å². The minimum Gasteiger partial charge on any atom is -0.469 e. The molecule has 2 atom stereocenters. The number of carbonyl (C=O) groups excluding carboxylic acids is 1. The number of ether oxygens (including phenoxy) is 1. The number of hydrogen-bond donors (Lipinski definition) is 2. The summed E-state index contributed by atoms with van der Waals surface area (Å²) in [5.41, 5.74) is 6.56. The van der Waals surface area contributed by atoms with Crippen molar-refractivity contribution in [2.75, 3.05) is 7.11 Å². The number of rotatable bonds is 5. The number of carbonyl (C=O) groups is 1. The van der Waals surface area contributed by atoms with E-state index in [2.05, 4.69) is 4.74 Å². The van der Waals surface area contributed by atoms with Gasteiger partial charge < -0.3 is 15.6 Å². The number of hydrogen-bond acceptors (Lipinski definition) is 4. The molecule has 3 N–H and O–H groups in total. The van der Waals surface area contributed by atoms with Crippen molar-refractivity contribution in [3.63, 3.8) is 0 Å². The summed E-state index contributed by atoms with van der Waals surface area (Å²) >= 11 is 0. The Labute approximate surface area is 95.0 Å². The van der Waals surface area contributed by atoms with Crippen molar-refractivity contribution in [3.8, 4) is 0 Å². The first kappa shape index (κ1) is 12.7. The number of methoxy groups -OCH3 is 1. The highest BCUT2D eigenvalue weighted by molar-refractivity contribution is 5.69. The van der Waals surface area contributed by atoms with E-state index in [0.717, 1.165) is 5.56 Å². The Bertz CT molecular complexity index is 326. The number of aliphatic hydroxyl groups is 1. The highest BCUT2D eigenvalue weighted by Crippen LogP contribution is 2.17. The van der Waals surface area contributed by atoms with Crippen LogP contribution in [-0.2, 0) is 9.53 Å². The van der Waals surface area contributed by atoms with Gasteiger partial charge in [-0.3, -0.25) is 4.79 Å². The molecule has 1 aromatic rings. The summed E-state index contributed by atoms with van der Waals surface area (Å²) in [6, 6.07) is 8.71. The summed E-state index contributed by atoms with van der Waals surface area (Å²) in [6.45, 7) is 0. The predicted octanol–water partition coefficient (Wildman–Crippen LogP) is 1.00. The van der Waals surface area contributed by atoms with Gasteiger partial charge >= 0.3 is 5.97 Å². The zero-order chi connectivity index (χ0) is 12.0. The van der Waals surface area contributed by atoms with Crippen LogP contribution in [0.25, 0.3) is 0 Å². The Morgan fingerprint density at radius 1 is 1.44 bits per heavy atom. The Balaban J connectivity index is 2.48. The smallest absolute Gasteiger partial charge is 0.305 e. The van der Waals surface area contributed by atoms with E-state index < -0.39 is 12.1 Å². The molecule has 0 aliphatic heterocycles. The second kappa shape index (κ2) is 6.25. The van der Waals surface area contributed by atoms with Crippen LogP contribution in [-0.4, -0.2) is 24.2 Å². The maximum absolute atomic E-state index is 10.9. The largest absolute Gasteiger partial charge is 0.469 e. The van der Waals surface area contributed by atoms with Gasteiger partial charge in [0.15, 0.2) is 0 Å². The molecule has 4 nitrogen and oxygen atoms in total. The van der Waals surface area contributed by atoms with E-state index >= 15 is 0 Å². The molecule has 0 aliphatic carbocycles.